The molecule has 0 spiro atoms. The van der Waals surface area contributed by atoms with Crippen LogP contribution in [0.2, 0.25) is 0 Å². The van der Waals surface area contributed by atoms with Gasteiger partial charge in [0.15, 0.2) is 9.84 Å². The molecular weight excluding hydrogens is 220 g/mol. The summed E-state index contributed by atoms with van der Waals surface area (Å²) in [6.45, 7) is 0. The lowest BCUT2D eigenvalue weighted by Gasteiger charge is -2.00. The maximum atomic E-state index is 11.1. The summed E-state index contributed by atoms with van der Waals surface area (Å²) in [6, 6.07) is 6.49. The van der Waals surface area contributed by atoms with E-state index in [2.05, 4.69) is 0 Å². The molecule has 14 heavy (non-hydrogen) atoms. The number of hydrogen-bond donors (Lipinski definition) is 0. The fourth-order valence-electron chi connectivity index (χ4n) is 0.913. The Hall–Kier alpha value is -0.810. The summed E-state index contributed by atoms with van der Waals surface area (Å²) in [5, 5.41) is 0. The molecule has 0 N–H and O–H groups in total. The third-order valence-corrected chi connectivity index (χ3v) is 3.61. The van der Waals surface area contributed by atoms with Crippen molar-refractivity contribution >= 4 is 27.9 Å². The van der Waals surface area contributed by atoms with Crippen molar-refractivity contribution in [3.63, 3.8) is 0 Å². The number of benzene rings is 1. The molecule has 0 radical (unpaired) electrons. The van der Waals surface area contributed by atoms with Crippen LogP contribution >= 0.6 is 11.8 Å². The van der Waals surface area contributed by atoms with Crippen molar-refractivity contribution in [1.82, 2.24) is 0 Å². The normalized spacial score (nSPS) is 11.2. The highest BCUT2D eigenvalue weighted by atomic mass is 32.2. The van der Waals surface area contributed by atoms with Crippen LogP contribution in [-0.2, 0) is 14.6 Å². The van der Waals surface area contributed by atoms with Crippen LogP contribution in [0.3, 0.4) is 0 Å². The van der Waals surface area contributed by atoms with Crippen molar-refractivity contribution in [2.45, 2.75) is 9.79 Å². The fraction of sp³-hybridized carbons (Fsp3) is 0.222. The van der Waals surface area contributed by atoms with Crippen LogP contribution in [0.15, 0.2) is 34.1 Å². The lowest BCUT2D eigenvalue weighted by Crippen LogP contribution is -1.96. The topological polar surface area (TPSA) is 51.2 Å². The van der Waals surface area contributed by atoms with Gasteiger partial charge in [-0.05, 0) is 24.3 Å². The monoisotopic (exact) mass is 230 g/mol. The van der Waals surface area contributed by atoms with E-state index >= 15 is 0 Å². The average Bonchev–Trinajstić information content (AvgIpc) is 2.14. The zero-order valence-electron chi connectivity index (χ0n) is 7.64. The number of carbonyl (C=O) groups excluding carboxylic acids is 1. The highest BCUT2D eigenvalue weighted by molar-refractivity contribution is 7.99. The first-order valence-corrected chi connectivity index (χ1v) is 6.78. The van der Waals surface area contributed by atoms with E-state index in [9.17, 15) is 13.2 Å². The van der Waals surface area contributed by atoms with Gasteiger partial charge in [-0.15, -0.1) is 11.8 Å². The van der Waals surface area contributed by atoms with E-state index in [1.54, 1.807) is 24.3 Å². The SMILES string of the molecule is CS(=O)(=O)c1ccc(SCC=O)cc1. The number of hydrogen-bond acceptors (Lipinski definition) is 4. The lowest BCUT2D eigenvalue weighted by molar-refractivity contribution is -0.105. The number of sulfone groups is 1. The van der Waals surface area contributed by atoms with Crippen LogP contribution in [0.4, 0.5) is 0 Å². The third-order valence-electron chi connectivity index (χ3n) is 1.57. The summed E-state index contributed by atoms with van der Waals surface area (Å²) in [4.78, 5) is 11.3. The molecule has 0 bridgehead atoms. The summed E-state index contributed by atoms with van der Waals surface area (Å²) < 4.78 is 22.2. The van der Waals surface area contributed by atoms with Gasteiger partial charge in [-0.1, -0.05) is 0 Å². The Kier molecular flexibility index (Phi) is 3.71. The van der Waals surface area contributed by atoms with E-state index in [0.29, 0.717) is 10.6 Å². The average molecular weight is 230 g/mol. The first-order chi connectivity index (χ1) is 6.54. The predicted octanol–water partition coefficient (Wildman–Crippen LogP) is 1.38. The molecule has 0 heterocycles. The number of carbonyl (C=O) groups is 1. The van der Waals surface area contributed by atoms with Gasteiger partial charge in [-0.2, -0.15) is 0 Å². The molecule has 1 aromatic rings. The van der Waals surface area contributed by atoms with Crippen LogP contribution in [0.1, 0.15) is 0 Å². The van der Waals surface area contributed by atoms with E-state index in [4.69, 9.17) is 0 Å². The van der Waals surface area contributed by atoms with E-state index in [-0.39, 0.29) is 0 Å². The Morgan fingerprint density at radius 3 is 2.29 bits per heavy atom. The standard InChI is InChI=1S/C9H10O3S2/c1-14(11,12)9-4-2-8(3-5-9)13-7-6-10/h2-6H,7H2,1H3. The molecule has 0 saturated heterocycles. The highest BCUT2D eigenvalue weighted by Gasteiger charge is 2.05. The molecule has 1 rings (SSSR count). The minimum Gasteiger partial charge on any atom is -0.302 e. The maximum absolute atomic E-state index is 11.1. The van der Waals surface area contributed by atoms with Gasteiger partial charge in [0.25, 0.3) is 0 Å². The molecule has 0 aliphatic carbocycles. The Labute approximate surface area is 87.4 Å². The number of aldehydes is 1. The van der Waals surface area contributed by atoms with Gasteiger partial charge in [0.05, 0.1) is 10.6 Å². The molecule has 0 fully saturated rings. The van der Waals surface area contributed by atoms with Crippen molar-refractivity contribution < 1.29 is 13.2 Å². The molecule has 0 atom stereocenters. The van der Waals surface area contributed by atoms with Gasteiger partial charge in [-0.3, -0.25) is 0 Å². The molecule has 0 saturated carbocycles. The van der Waals surface area contributed by atoms with Crippen molar-refractivity contribution in [3.05, 3.63) is 24.3 Å². The van der Waals surface area contributed by atoms with E-state index in [1.807, 2.05) is 0 Å². The number of rotatable bonds is 4. The summed E-state index contributed by atoms with van der Waals surface area (Å²) in [5.41, 5.74) is 0. The van der Waals surface area contributed by atoms with Gasteiger partial charge in [0, 0.05) is 11.2 Å². The van der Waals surface area contributed by atoms with Gasteiger partial charge < -0.3 is 4.79 Å². The molecule has 5 heteroatoms. The predicted molar refractivity (Wildman–Crippen MR) is 56.3 cm³/mol. The van der Waals surface area contributed by atoms with Crippen LogP contribution in [0.5, 0.6) is 0 Å². The van der Waals surface area contributed by atoms with Gasteiger partial charge in [0.2, 0.25) is 0 Å². The third kappa shape index (κ3) is 3.16. The first-order valence-electron chi connectivity index (χ1n) is 3.90. The van der Waals surface area contributed by atoms with E-state index < -0.39 is 9.84 Å². The zero-order valence-corrected chi connectivity index (χ0v) is 9.27. The van der Waals surface area contributed by atoms with Gasteiger partial charge in [0.1, 0.15) is 6.29 Å². The second-order valence-corrected chi connectivity index (χ2v) is 5.83. The Morgan fingerprint density at radius 1 is 1.29 bits per heavy atom. The molecule has 0 aromatic heterocycles. The van der Waals surface area contributed by atoms with E-state index in [0.717, 1.165) is 11.2 Å². The molecular formula is C9H10O3S2. The first kappa shape index (κ1) is 11.3. The number of thioether (sulfide) groups is 1. The molecule has 0 unspecified atom stereocenters. The van der Waals surface area contributed by atoms with Crippen LogP contribution in [0, 0.1) is 0 Å². The Balaban J connectivity index is 2.84. The minimum atomic E-state index is -3.12. The summed E-state index contributed by atoms with van der Waals surface area (Å²) in [7, 11) is -3.12. The molecule has 76 valence electrons. The van der Waals surface area contributed by atoms with E-state index in [1.165, 1.54) is 18.0 Å². The Bertz CT molecular complexity index is 406. The van der Waals surface area contributed by atoms with Crippen LogP contribution in [0.25, 0.3) is 0 Å². The minimum absolute atomic E-state index is 0.299. The summed E-state index contributed by atoms with van der Waals surface area (Å²) in [5.74, 6) is 0.387. The van der Waals surface area contributed by atoms with Crippen molar-refractivity contribution in [3.8, 4) is 0 Å². The second-order valence-electron chi connectivity index (χ2n) is 2.72. The molecule has 0 aliphatic rings. The molecule has 0 amide bonds. The zero-order chi connectivity index (χ0) is 10.6. The maximum Gasteiger partial charge on any atom is 0.175 e. The molecule has 3 nitrogen and oxygen atoms in total. The highest BCUT2D eigenvalue weighted by Crippen LogP contribution is 2.19. The van der Waals surface area contributed by atoms with Crippen LogP contribution in [-0.4, -0.2) is 26.7 Å². The van der Waals surface area contributed by atoms with Crippen molar-refractivity contribution in [2.75, 3.05) is 12.0 Å². The smallest absolute Gasteiger partial charge is 0.175 e. The second kappa shape index (κ2) is 4.61. The van der Waals surface area contributed by atoms with Crippen molar-refractivity contribution in [1.29, 1.82) is 0 Å². The largest absolute Gasteiger partial charge is 0.302 e. The Morgan fingerprint density at radius 2 is 1.86 bits per heavy atom. The van der Waals surface area contributed by atoms with Crippen LogP contribution < -0.4 is 0 Å². The van der Waals surface area contributed by atoms with Crippen molar-refractivity contribution in [2.24, 2.45) is 0 Å². The fourth-order valence-corrected chi connectivity index (χ4v) is 2.13. The van der Waals surface area contributed by atoms with Gasteiger partial charge in [-0.25, -0.2) is 8.42 Å². The molecule has 1 aromatic carbocycles. The van der Waals surface area contributed by atoms with Gasteiger partial charge >= 0.3 is 0 Å². The summed E-state index contributed by atoms with van der Waals surface area (Å²) >= 11 is 1.38. The molecule has 0 aliphatic heterocycles. The lowest BCUT2D eigenvalue weighted by atomic mass is 10.4. The summed E-state index contributed by atoms with van der Waals surface area (Å²) in [6.07, 6.45) is 1.98. The quantitative estimate of drug-likeness (QED) is 0.579.